The number of rotatable bonds is 3. The molecule has 0 aliphatic rings. The molecule has 2 aromatic rings. The highest BCUT2D eigenvalue weighted by atomic mass is 35.5. The summed E-state index contributed by atoms with van der Waals surface area (Å²) >= 11 is 5.92. The summed E-state index contributed by atoms with van der Waals surface area (Å²) in [6.07, 6.45) is 2.97. The predicted molar refractivity (Wildman–Crippen MR) is 66.4 cm³/mol. The molecular formula is C11H13ClN4O2. The Morgan fingerprint density at radius 2 is 2.33 bits per heavy atom. The Kier molecular flexibility index (Phi) is 3.13. The molecule has 0 saturated heterocycles. The number of aromatic nitrogens is 3. The average molecular weight is 269 g/mol. The van der Waals surface area contributed by atoms with Crippen LogP contribution in [0, 0.1) is 0 Å². The monoisotopic (exact) mass is 268 g/mol. The lowest BCUT2D eigenvalue weighted by molar-refractivity contribution is 0.0461. The van der Waals surface area contributed by atoms with Crippen molar-refractivity contribution >= 4 is 23.3 Å². The quantitative estimate of drug-likeness (QED) is 0.920. The zero-order valence-electron chi connectivity index (χ0n) is 10.1. The number of nitrogens with two attached hydrogens (primary N) is 1. The second-order valence-corrected chi connectivity index (χ2v) is 4.93. The highest BCUT2D eigenvalue weighted by Gasteiger charge is 2.24. The molecule has 6 nitrogen and oxygen atoms in total. The molecule has 2 heterocycles. The molecule has 0 aromatic carbocycles. The Hall–Kier alpha value is -1.82. The van der Waals surface area contributed by atoms with Crippen molar-refractivity contribution in [3.05, 3.63) is 29.2 Å². The molecule has 2 aromatic heterocycles. The van der Waals surface area contributed by atoms with Crippen LogP contribution in [0.1, 0.15) is 19.4 Å². The van der Waals surface area contributed by atoms with Crippen LogP contribution in [0.15, 0.2) is 18.5 Å². The van der Waals surface area contributed by atoms with Gasteiger partial charge in [0.15, 0.2) is 5.65 Å². The minimum Gasteiger partial charge on any atom is -0.443 e. The van der Waals surface area contributed by atoms with Crippen LogP contribution in [0.5, 0.6) is 0 Å². The van der Waals surface area contributed by atoms with Crippen LogP contribution in [-0.4, -0.2) is 26.3 Å². The third kappa shape index (κ3) is 2.70. The van der Waals surface area contributed by atoms with Gasteiger partial charge in [-0.15, -0.1) is 0 Å². The molecule has 2 rings (SSSR count). The fourth-order valence-corrected chi connectivity index (χ4v) is 2.06. The standard InChI is InChI=1S/C11H13ClN4O2/c1-11(2,18-10(13)17)6-7-5-8(12)15-16-4-3-14-9(7)16/h3-5H,6H2,1-2H3,(H2,13,17). The maximum absolute atomic E-state index is 10.8. The van der Waals surface area contributed by atoms with Crippen LogP contribution in [0.25, 0.3) is 5.65 Å². The first kappa shape index (κ1) is 12.6. The van der Waals surface area contributed by atoms with Crippen LogP contribution < -0.4 is 5.73 Å². The van der Waals surface area contributed by atoms with Crippen molar-refractivity contribution < 1.29 is 9.53 Å². The van der Waals surface area contributed by atoms with Crippen LogP contribution in [-0.2, 0) is 11.2 Å². The first-order chi connectivity index (χ1) is 8.37. The van der Waals surface area contributed by atoms with E-state index in [1.165, 1.54) is 0 Å². The molecule has 18 heavy (non-hydrogen) atoms. The third-order valence-electron chi connectivity index (χ3n) is 2.40. The van der Waals surface area contributed by atoms with E-state index >= 15 is 0 Å². The number of hydrogen-bond donors (Lipinski definition) is 1. The van der Waals surface area contributed by atoms with E-state index in [1.807, 2.05) is 0 Å². The van der Waals surface area contributed by atoms with E-state index in [-0.39, 0.29) is 0 Å². The first-order valence-electron chi connectivity index (χ1n) is 5.35. The van der Waals surface area contributed by atoms with Gasteiger partial charge in [-0.3, -0.25) is 0 Å². The summed E-state index contributed by atoms with van der Waals surface area (Å²) in [5, 5.41) is 4.43. The average Bonchev–Trinajstić information content (AvgIpc) is 2.61. The van der Waals surface area contributed by atoms with E-state index in [0.29, 0.717) is 17.2 Å². The molecule has 0 spiro atoms. The normalized spacial score (nSPS) is 11.7. The molecular weight excluding hydrogens is 256 g/mol. The Labute approximate surface area is 109 Å². The van der Waals surface area contributed by atoms with E-state index in [0.717, 1.165) is 5.56 Å². The number of hydrogen-bond acceptors (Lipinski definition) is 4. The molecule has 0 radical (unpaired) electrons. The number of amides is 1. The smallest absolute Gasteiger partial charge is 0.405 e. The van der Waals surface area contributed by atoms with Gasteiger partial charge in [-0.25, -0.2) is 14.3 Å². The first-order valence-corrected chi connectivity index (χ1v) is 5.72. The fourth-order valence-electron chi connectivity index (χ4n) is 1.84. The number of carbonyl (C=O) groups is 1. The Morgan fingerprint density at radius 1 is 1.61 bits per heavy atom. The summed E-state index contributed by atoms with van der Waals surface area (Å²) in [5.74, 6) is 0. The lowest BCUT2D eigenvalue weighted by Gasteiger charge is -2.24. The Balaban J connectivity index is 2.36. The Morgan fingerprint density at radius 3 is 3.00 bits per heavy atom. The fraction of sp³-hybridized carbons (Fsp3) is 0.364. The van der Waals surface area contributed by atoms with E-state index in [1.54, 1.807) is 36.8 Å². The summed E-state index contributed by atoms with van der Waals surface area (Å²) in [6, 6.07) is 1.70. The summed E-state index contributed by atoms with van der Waals surface area (Å²) < 4.78 is 6.63. The van der Waals surface area contributed by atoms with Gasteiger partial charge in [-0.05, 0) is 19.9 Å². The van der Waals surface area contributed by atoms with Gasteiger partial charge >= 0.3 is 6.09 Å². The second kappa shape index (κ2) is 4.45. The molecule has 2 N–H and O–H groups in total. The number of carbonyl (C=O) groups excluding carboxylic acids is 1. The summed E-state index contributed by atoms with van der Waals surface area (Å²) in [5.41, 5.74) is 5.82. The van der Waals surface area contributed by atoms with Gasteiger partial charge in [0, 0.05) is 24.4 Å². The van der Waals surface area contributed by atoms with Gasteiger partial charge in [0.05, 0.1) is 0 Å². The number of ether oxygens (including phenoxy) is 1. The molecule has 0 fully saturated rings. The van der Waals surface area contributed by atoms with Crippen LogP contribution >= 0.6 is 11.6 Å². The summed E-state index contributed by atoms with van der Waals surface area (Å²) in [7, 11) is 0. The van der Waals surface area contributed by atoms with Crippen molar-refractivity contribution in [1.29, 1.82) is 0 Å². The van der Waals surface area contributed by atoms with Crippen molar-refractivity contribution in [2.24, 2.45) is 5.73 Å². The van der Waals surface area contributed by atoms with Crippen molar-refractivity contribution in [1.82, 2.24) is 14.6 Å². The lowest BCUT2D eigenvalue weighted by Crippen LogP contribution is -2.33. The Bertz CT molecular complexity index is 594. The van der Waals surface area contributed by atoms with E-state index in [9.17, 15) is 4.79 Å². The summed E-state index contributed by atoms with van der Waals surface area (Å²) in [4.78, 5) is 15.0. The number of fused-ring (bicyclic) bond motifs is 1. The topological polar surface area (TPSA) is 82.5 Å². The SMILES string of the molecule is CC(C)(Cc1cc(Cl)nn2ccnc12)OC(N)=O. The molecule has 0 saturated carbocycles. The van der Waals surface area contributed by atoms with E-state index in [2.05, 4.69) is 10.1 Å². The zero-order valence-corrected chi connectivity index (χ0v) is 10.8. The number of imidazole rings is 1. The van der Waals surface area contributed by atoms with Gasteiger partial charge in [-0.2, -0.15) is 5.10 Å². The molecule has 0 aliphatic carbocycles. The van der Waals surface area contributed by atoms with Crippen molar-refractivity contribution in [3.8, 4) is 0 Å². The minimum atomic E-state index is -0.806. The van der Waals surface area contributed by atoms with Crippen molar-refractivity contribution in [2.75, 3.05) is 0 Å². The second-order valence-electron chi connectivity index (χ2n) is 4.55. The van der Waals surface area contributed by atoms with Gasteiger partial charge in [0.25, 0.3) is 0 Å². The predicted octanol–water partition coefficient (Wildman–Crippen LogP) is 1.80. The van der Waals surface area contributed by atoms with Crippen LogP contribution in [0.4, 0.5) is 4.79 Å². The van der Waals surface area contributed by atoms with Crippen LogP contribution in [0.2, 0.25) is 5.15 Å². The molecule has 7 heteroatoms. The molecule has 1 amide bonds. The zero-order chi connectivity index (χ0) is 13.3. The molecule has 0 atom stereocenters. The lowest BCUT2D eigenvalue weighted by atomic mass is 9.99. The highest BCUT2D eigenvalue weighted by molar-refractivity contribution is 6.29. The van der Waals surface area contributed by atoms with Gasteiger partial charge in [0.1, 0.15) is 10.8 Å². The molecule has 0 unspecified atom stereocenters. The number of nitrogens with zero attached hydrogens (tertiary/aromatic N) is 3. The molecule has 0 bridgehead atoms. The van der Waals surface area contributed by atoms with Gasteiger partial charge in [-0.1, -0.05) is 11.6 Å². The van der Waals surface area contributed by atoms with E-state index < -0.39 is 11.7 Å². The number of halogens is 1. The summed E-state index contributed by atoms with van der Waals surface area (Å²) in [6.45, 7) is 3.54. The minimum absolute atomic E-state index is 0.352. The number of primary amides is 1. The van der Waals surface area contributed by atoms with Crippen LogP contribution in [0.3, 0.4) is 0 Å². The maximum atomic E-state index is 10.8. The third-order valence-corrected chi connectivity index (χ3v) is 2.58. The maximum Gasteiger partial charge on any atom is 0.405 e. The highest BCUT2D eigenvalue weighted by Crippen LogP contribution is 2.21. The largest absolute Gasteiger partial charge is 0.443 e. The van der Waals surface area contributed by atoms with Gasteiger partial charge in [0.2, 0.25) is 0 Å². The molecule has 96 valence electrons. The van der Waals surface area contributed by atoms with Crippen molar-refractivity contribution in [3.63, 3.8) is 0 Å². The molecule has 0 aliphatic heterocycles. The van der Waals surface area contributed by atoms with E-state index in [4.69, 9.17) is 22.1 Å². The van der Waals surface area contributed by atoms with Crippen molar-refractivity contribution in [2.45, 2.75) is 25.9 Å². The van der Waals surface area contributed by atoms with Gasteiger partial charge < -0.3 is 10.5 Å².